The summed E-state index contributed by atoms with van der Waals surface area (Å²) >= 11 is 0. The maximum absolute atomic E-state index is 6.87. The van der Waals surface area contributed by atoms with Gasteiger partial charge in [-0.1, -0.05) is 39.9 Å². The van der Waals surface area contributed by atoms with Crippen LogP contribution < -0.4 is 0 Å². The van der Waals surface area contributed by atoms with Crippen molar-refractivity contribution >= 4 is 24.7 Å². The van der Waals surface area contributed by atoms with Crippen LogP contribution >= 0.6 is 0 Å². The van der Waals surface area contributed by atoms with Crippen LogP contribution in [0.2, 0.25) is 51.9 Å². The third-order valence-corrected chi connectivity index (χ3v) is 16.5. The fourth-order valence-electron chi connectivity index (χ4n) is 2.78. The minimum absolute atomic E-state index is 0.0149. The molecule has 1 unspecified atom stereocenters. The third-order valence-electron chi connectivity index (χ3n) is 5.62. The fraction of sp³-hybridized carbons (Fsp3) is 1.00. The van der Waals surface area contributed by atoms with E-state index in [9.17, 15) is 0 Å². The lowest BCUT2D eigenvalue weighted by molar-refractivity contribution is 0.0847. The van der Waals surface area contributed by atoms with E-state index in [0.717, 1.165) is 6.42 Å². The Labute approximate surface area is 143 Å². The molecule has 1 atom stereocenters. The molecule has 0 aromatic rings. The van der Waals surface area contributed by atoms with Crippen LogP contribution in [0.25, 0.3) is 0 Å². The zero-order chi connectivity index (χ0) is 18.0. The maximum Gasteiger partial charge on any atom is 0.216 e. The molecule has 0 aromatic heterocycles. The first kappa shape index (κ1) is 22.6. The van der Waals surface area contributed by atoms with E-state index in [-0.39, 0.29) is 10.4 Å². The molecular weight excluding hydrogens is 320 g/mol. The molecule has 0 radical (unpaired) electrons. The SMILES string of the molecule is CCC[Si](C)(C)OC(C)(CC)[Si](C)(C)OC(C)(C)[Si](C)(C)C. The first-order valence-electron chi connectivity index (χ1n) is 8.94. The van der Waals surface area contributed by atoms with Gasteiger partial charge < -0.3 is 8.85 Å². The van der Waals surface area contributed by atoms with Crippen LogP contribution in [0.5, 0.6) is 0 Å². The second kappa shape index (κ2) is 7.21. The Balaban J connectivity index is 5.43. The molecular formula is C17H42O2Si3. The zero-order valence-corrected chi connectivity index (χ0v) is 20.4. The molecule has 22 heavy (non-hydrogen) atoms. The summed E-state index contributed by atoms with van der Waals surface area (Å²) < 4.78 is 13.7. The molecule has 0 aromatic carbocycles. The third kappa shape index (κ3) is 5.58. The van der Waals surface area contributed by atoms with E-state index in [1.54, 1.807) is 0 Å². The molecule has 0 bridgehead atoms. The summed E-state index contributed by atoms with van der Waals surface area (Å²) in [5, 5.41) is -0.117. The molecule has 0 spiro atoms. The quantitative estimate of drug-likeness (QED) is 0.454. The Morgan fingerprint density at radius 3 is 1.55 bits per heavy atom. The average molecular weight is 363 g/mol. The van der Waals surface area contributed by atoms with Crippen LogP contribution in [0.4, 0.5) is 0 Å². The van der Waals surface area contributed by atoms with Gasteiger partial charge in [-0.3, -0.25) is 0 Å². The molecule has 0 aliphatic heterocycles. The summed E-state index contributed by atoms with van der Waals surface area (Å²) in [6, 6.07) is 1.23. The molecule has 0 heterocycles. The van der Waals surface area contributed by atoms with Gasteiger partial charge in [0.05, 0.1) is 13.3 Å². The van der Waals surface area contributed by atoms with Gasteiger partial charge in [0, 0.05) is 5.22 Å². The van der Waals surface area contributed by atoms with Gasteiger partial charge in [0.15, 0.2) is 8.32 Å². The highest BCUT2D eigenvalue weighted by atomic mass is 28.4. The Morgan fingerprint density at radius 1 is 0.773 bits per heavy atom. The fourth-order valence-corrected chi connectivity index (χ4v) is 11.6. The first-order valence-corrected chi connectivity index (χ1v) is 18.5. The van der Waals surface area contributed by atoms with Gasteiger partial charge in [-0.05, 0) is 59.4 Å². The smallest absolute Gasteiger partial charge is 0.216 e. The molecule has 0 rings (SSSR count). The lowest BCUT2D eigenvalue weighted by atomic mass is 10.3. The van der Waals surface area contributed by atoms with Gasteiger partial charge in [-0.2, -0.15) is 0 Å². The Morgan fingerprint density at radius 2 is 1.23 bits per heavy atom. The number of hydrogen-bond donors (Lipinski definition) is 0. The first-order chi connectivity index (χ1) is 9.54. The van der Waals surface area contributed by atoms with Crippen molar-refractivity contribution in [1.29, 1.82) is 0 Å². The van der Waals surface area contributed by atoms with Crippen LogP contribution in [0.15, 0.2) is 0 Å². The number of hydrogen-bond acceptors (Lipinski definition) is 2. The van der Waals surface area contributed by atoms with Gasteiger partial charge in [0.1, 0.15) is 0 Å². The largest absolute Gasteiger partial charge is 0.412 e. The van der Waals surface area contributed by atoms with Gasteiger partial charge in [0.2, 0.25) is 8.32 Å². The van der Waals surface area contributed by atoms with Crippen molar-refractivity contribution in [3.05, 3.63) is 0 Å². The van der Waals surface area contributed by atoms with Gasteiger partial charge in [-0.15, -0.1) is 0 Å². The molecule has 2 nitrogen and oxygen atoms in total. The summed E-state index contributed by atoms with van der Waals surface area (Å²) in [7, 11) is -5.01. The highest BCUT2D eigenvalue weighted by molar-refractivity contribution is 6.82. The van der Waals surface area contributed by atoms with Crippen LogP contribution in [-0.2, 0) is 8.85 Å². The molecule has 0 amide bonds. The van der Waals surface area contributed by atoms with E-state index in [4.69, 9.17) is 8.85 Å². The zero-order valence-electron chi connectivity index (χ0n) is 17.4. The lowest BCUT2D eigenvalue weighted by Gasteiger charge is -2.51. The Bertz CT molecular complexity index is 359. The monoisotopic (exact) mass is 362 g/mol. The number of rotatable bonds is 9. The van der Waals surface area contributed by atoms with Crippen molar-refractivity contribution in [3.63, 3.8) is 0 Å². The van der Waals surface area contributed by atoms with Crippen molar-refractivity contribution in [2.45, 2.75) is 110 Å². The van der Waals surface area contributed by atoms with E-state index < -0.39 is 24.7 Å². The van der Waals surface area contributed by atoms with E-state index in [2.05, 4.69) is 80.4 Å². The van der Waals surface area contributed by atoms with Crippen LogP contribution in [0.3, 0.4) is 0 Å². The van der Waals surface area contributed by atoms with Crippen molar-refractivity contribution in [2.24, 2.45) is 0 Å². The molecule has 0 N–H and O–H groups in total. The van der Waals surface area contributed by atoms with Gasteiger partial charge >= 0.3 is 0 Å². The van der Waals surface area contributed by atoms with Crippen molar-refractivity contribution in [1.82, 2.24) is 0 Å². The maximum atomic E-state index is 6.87. The van der Waals surface area contributed by atoms with Crippen LogP contribution in [0.1, 0.15) is 47.5 Å². The molecule has 0 fully saturated rings. The Kier molecular flexibility index (Phi) is 7.40. The second-order valence-electron chi connectivity index (χ2n) is 9.57. The highest BCUT2D eigenvalue weighted by Gasteiger charge is 2.52. The topological polar surface area (TPSA) is 18.5 Å². The minimum atomic E-state index is -1.99. The second-order valence-corrected chi connectivity index (χ2v) is 23.8. The summed E-state index contributed by atoms with van der Waals surface area (Å²) in [5.41, 5.74) is 0. The lowest BCUT2D eigenvalue weighted by Crippen LogP contribution is -2.65. The molecule has 5 heteroatoms. The van der Waals surface area contributed by atoms with Gasteiger partial charge in [-0.25, -0.2) is 0 Å². The van der Waals surface area contributed by atoms with Crippen molar-refractivity contribution < 1.29 is 8.85 Å². The minimum Gasteiger partial charge on any atom is -0.412 e. The van der Waals surface area contributed by atoms with E-state index in [0.29, 0.717) is 0 Å². The molecule has 0 aliphatic carbocycles. The van der Waals surface area contributed by atoms with E-state index in [1.165, 1.54) is 12.5 Å². The Hall–Kier alpha value is 0.571. The predicted molar refractivity (Wildman–Crippen MR) is 108 cm³/mol. The van der Waals surface area contributed by atoms with E-state index in [1.807, 2.05) is 0 Å². The predicted octanol–water partition coefficient (Wildman–Crippen LogP) is 6.20. The summed E-state index contributed by atoms with van der Waals surface area (Å²) in [4.78, 5) is 0. The molecule has 0 aliphatic rings. The molecule has 0 saturated carbocycles. The van der Waals surface area contributed by atoms with Crippen LogP contribution in [0, 0.1) is 0 Å². The molecule has 134 valence electrons. The van der Waals surface area contributed by atoms with Crippen molar-refractivity contribution in [2.75, 3.05) is 0 Å². The standard InChI is InChI=1S/C17H42O2Si3/c1-13-15-21(9,10)19-17(5,14-2)22(11,12)18-16(3,4)20(6,7)8/h13-15H2,1-12H3. The highest BCUT2D eigenvalue weighted by Crippen LogP contribution is 2.38. The summed E-state index contributed by atoms with van der Waals surface area (Å²) in [6.07, 6.45) is 2.25. The van der Waals surface area contributed by atoms with Crippen molar-refractivity contribution in [3.8, 4) is 0 Å². The molecule has 0 saturated heterocycles. The van der Waals surface area contributed by atoms with E-state index >= 15 is 0 Å². The average Bonchev–Trinajstić information content (AvgIpc) is 2.24. The van der Waals surface area contributed by atoms with Crippen LogP contribution in [-0.4, -0.2) is 35.2 Å². The normalized spacial score (nSPS) is 17.5. The summed E-state index contributed by atoms with van der Waals surface area (Å²) in [6.45, 7) is 28.0. The van der Waals surface area contributed by atoms with Gasteiger partial charge in [0.25, 0.3) is 0 Å². The summed E-state index contributed by atoms with van der Waals surface area (Å²) in [5.74, 6) is 0.